The normalized spacial score (nSPS) is 11.6. The zero-order valence-corrected chi connectivity index (χ0v) is 9.27. The highest BCUT2D eigenvalue weighted by Gasteiger charge is 2.06. The molecule has 0 heteroatoms. The summed E-state index contributed by atoms with van der Waals surface area (Å²) in [7, 11) is 0. The Hall–Kier alpha value is -1.56. The molecule has 0 aliphatic heterocycles. The molecule has 0 N–H and O–H groups in total. The largest absolute Gasteiger partial charge is 0.0776 e. The first-order chi connectivity index (χ1) is 7.27. The van der Waals surface area contributed by atoms with Crippen molar-refractivity contribution in [3.05, 3.63) is 71.3 Å². The lowest BCUT2D eigenvalue weighted by Crippen LogP contribution is -1.95. The molecule has 1 unspecified atom stereocenters. The molecular formula is C16H20. The van der Waals surface area contributed by atoms with Gasteiger partial charge in [0.05, 0.1) is 0 Å². The second-order valence-corrected chi connectivity index (χ2v) is 4.05. The Bertz CT molecular complexity index is 429. The molecule has 0 aromatic heterocycles. The molecule has 1 atom stereocenters. The van der Waals surface area contributed by atoms with Gasteiger partial charge in [-0.3, -0.25) is 0 Å². The third-order valence-electron chi connectivity index (χ3n) is 2.84. The lowest BCUT2D eigenvalue weighted by molar-refractivity contribution is 0.920. The van der Waals surface area contributed by atoms with Crippen molar-refractivity contribution in [1.29, 1.82) is 0 Å². The van der Waals surface area contributed by atoms with Crippen LogP contribution < -0.4 is 0 Å². The van der Waals surface area contributed by atoms with Crippen molar-refractivity contribution in [2.75, 3.05) is 0 Å². The average Bonchev–Trinajstić information content (AvgIpc) is 2.29. The molecule has 0 amide bonds. The smallest absolute Gasteiger partial charge is 0.00611 e. The van der Waals surface area contributed by atoms with Gasteiger partial charge in [-0.2, -0.15) is 0 Å². The van der Waals surface area contributed by atoms with Gasteiger partial charge in [-0.05, 0) is 18.1 Å². The van der Waals surface area contributed by atoms with Crippen LogP contribution in [0.25, 0.3) is 0 Å². The van der Waals surface area contributed by atoms with Crippen molar-refractivity contribution in [2.24, 2.45) is 0 Å². The highest BCUT2D eigenvalue weighted by Crippen LogP contribution is 2.24. The summed E-state index contributed by atoms with van der Waals surface area (Å²) in [5, 5.41) is 0. The standard InChI is InChI=1S/C15H16.CH4/c1-12-7-6-10-15(11-12)13(2)14-8-4-3-5-9-14;/h3-11,13H,1-2H3;1H4. The van der Waals surface area contributed by atoms with Crippen LogP contribution in [0, 0.1) is 6.92 Å². The van der Waals surface area contributed by atoms with Gasteiger partial charge in [-0.15, -0.1) is 0 Å². The Kier molecular flexibility index (Phi) is 4.30. The molecule has 0 heterocycles. The maximum absolute atomic E-state index is 2.26. The van der Waals surface area contributed by atoms with Crippen molar-refractivity contribution in [1.82, 2.24) is 0 Å². The molecule has 84 valence electrons. The van der Waals surface area contributed by atoms with Gasteiger partial charge in [-0.25, -0.2) is 0 Å². The van der Waals surface area contributed by atoms with E-state index in [0.29, 0.717) is 5.92 Å². The van der Waals surface area contributed by atoms with E-state index in [0.717, 1.165) is 0 Å². The van der Waals surface area contributed by atoms with Gasteiger partial charge in [-0.1, -0.05) is 74.5 Å². The van der Waals surface area contributed by atoms with Gasteiger partial charge in [0.15, 0.2) is 0 Å². The summed E-state index contributed by atoms with van der Waals surface area (Å²) in [6, 6.07) is 19.4. The van der Waals surface area contributed by atoms with Crippen LogP contribution in [0.4, 0.5) is 0 Å². The van der Waals surface area contributed by atoms with E-state index in [1.54, 1.807) is 0 Å². The highest BCUT2D eigenvalue weighted by molar-refractivity contribution is 5.33. The number of hydrogen-bond acceptors (Lipinski definition) is 0. The van der Waals surface area contributed by atoms with E-state index in [9.17, 15) is 0 Å². The van der Waals surface area contributed by atoms with Gasteiger partial charge in [0.1, 0.15) is 0 Å². The molecule has 0 saturated heterocycles. The monoisotopic (exact) mass is 212 g/mol. The molecule has 16 heavy (non-hydrogen) atoms. The van der Waals surface area contributed by atoms with Crippen molar-refractivity contribution < 1.29 is 0 Å². The minimum Gasteiger partial charge on any atom is -0.0776 e. The van der Waals surface area contributed by atoms with E-state index in [1.165, 1.54) is 16.7 Å². The first-order valence-corrected chi connectivity index (χ1v) is 5.39. The summed E-state index contributed by atoms with van der Waals surface area (Å²) < 4.78 is 0. The lowest BCUT2D eigenvalue weighted by Gasteiger charge is -2.12. The molecule has 0 spiro atoms. The van der Waals surface area contributed by atoms with Gasteiger partial charge in [0, 0.05) is 5.92 Å². The Balaban J connectivity index is 0.00000128. The fraction of sp³-hybridized carbons (Fsp3) is 0.250. The molecule has 0 radical (unpaired) electrons. The summed E-state index contributed by atoms with van der Waals surface area (Å²) in [6.07, 6.45) is 0. The summed E-state index contributed by atoms with van der Waals surface area (Å²) in [5.41, 5.74) is 4.10. The minimum absolute atomic E-state index is 0. The first-order valence-electron chi connectivity index (χ1n) is 5.39. The van der Waals surface area contributed by atoms with Gasteiger partial charge < -0.3 is 0 Å². The van der Waals surface area contributed by atoms with Crippen molar-refractivity contribution >= 4 is 0 Å². The molecule has 2 aromatic rings. The number of aryl methyl sites for hydroxylation is 1. The van der Waals surface area contributed by atoms with Crippen LogP contribution in [-0.2, 0) is 0 Å². The van der Waals surface area contributed by atoms with E-state index in [1.807, 2.05) is 0 Å². The fourth-order valence-electron chi connectivity index (χ4n) is 1.87. The Morgan fingerprint density at radius 1 is 0.812 bits per heavy atom. The van der Waals surface area contributed by atoms with Crippen molar-refractivity contribution in [3.8, 4) is 0 Å². The lowest BCUT2D eigenvalue weighted by atomic mass is 9.92. The minimum atomic E-state index is 0. The third kappa shape index (κ3) is 2.73. The summed E-state index contributed by atoms with van der Waals surface area (Å²) in [6.45, 7) is 4.39. The molecule has 2 aromatic carbocycles. The predicted molar refractivity (Wildman–Crippen MR) is 71.9 cm³/mol. The van der Waals surface area contributed by atoms with Crippen molar-refractivity contribution in [2.45, 2.75) is 27.2 Å². The molecule has 0 aliphatic carbocycles. The molecule has 0 fully saturated rings. The molecule has 0 saturated carbocycles. The zero-order valence-electron chi connectivity index (χ0n) is 9.27. The Labute approximate surface area is 99.0 Å². The third-order valence-corrected chi connectivity index (χ3v) is 2.84. The number of hydrogen-bond donors (Lipinski definition) is 0. The second kappa shape index (κ2) is 5.50. The van der Waals surface area contributed by atoms with E-state index in [2.05, 4.69) is 68.4 Å². The maximum atomic E-state index is 2.26. The topological polar surface area (TPSA) is 0 Å². The van der Waals surface area contributed by atoms with Gasteiger partial charge in [0.2, 0.25) is 0 Å². The molecule has 0 nitrogen and oxygen atoms in total. The second-order valence-electron chi connectivity index (χ2n) is 4.05. The van der Waals surface area contributed by atoms with Crippen LogP contribution in [0.3, 0.4) is 0 Å². The number of benzene rings is 2. The maximum Gasteiger partial charge on any atom is 0.00611 e. The van der Waals surface area contributed by atoms with Crippen LogP contribution in [-0.4, -0.2) is 0 Å². The highest BCUT2D eigenvalue weighted by atomic mass is 14.1. The summed E-state index contributed by atoms with van der Waals surface area (Å²) >= 11 is 0. The van der Waals surface area contributed by atoms with Gasteiger partial charge in [0.25, 0.3) is 0 Å². The van der Waals surface area contributed by atoms with Crippen LogP contribution in [0.5, 0.6) is 0 Å². The Morgan fingerprint density at radius 3 is 2.06 bits per heavy atom. The van der Waals surface area contributed by atoms with Crippen LogP contribution in [0.15, 0.2) is 54.6 Å². The van der Waals surface area contributed by atoms with E-state index >= 15 is 0 Å². The summed E-state index contributed by atoms with van der Waals surface area (Å²) in [5.74, 6) is 0.478. The Morgan fingerprint density at radius 2 is 1.44 bits per heavy atom. The number of rotatable bonds is 2. The van der Waals surface area contributed by atoms with E-state index in [-0.39, 0.29) is 7.43 Å². The zero-order chi connectivity index (χ0) is 10.7. The molecule has 2 rings (SSSR count). The van der Waals surface area contributed by atoms with E-state index < -0.39 is 0 Å². The van der Waals surface area contributed by atoms with Crippen molar-refractivity contribution in [3.63, 3.8) is 0 Å². The molecular weight excluding hydrogens is 192 g/mol. The average molecular weight is 212 g/mol. The van der Waals surface area contributed by atoms with Gasteiger partial charge >= 0.3 is 0 Å². The van der Waals surface area contributed by atoms with Crippen LogP contribution in [0.1, 0.15) is 37.0 Å². The fourth-order valence-corrected chi connectivity index (χ4v) is 1.87. The SMILES string of the molecule is C.Cc1cccc(C(C)c2ccccc2)c1. The molecule has 0 bridgehead atoms. The molecule has 0 aliphatic rings. The first kappa shape index (κ1) is 12.5. The quantitative estimate of drug-likeness (QED) is 0.672. The van der Waals surface area contributed by atoms with E-state index in [4.69, 9.17) is 0 Å². The van der Waals surface area contributed by atoms with Crippen LogP contribution >= 0.6 is 0 Å². The summed E-state index contributed by atoms with van der Waals surface area (Å²) in [4.78, 5) is 0. The van der Waals surface area contributed by atoms with Crippen LogP contribution in [0.2, 0.25) is 0 Å². The predicted octanol–water partition coefficient (Wildman–Crippen LogP) is 4.78.